The number of nitrogens with zero attached hydrogens (tertiary/aromatic N) is 1. The van der Waals surface area contributed by atoms with Crippen molar-refractivity contribution in [3.8, 4) is 11.5 Å². The number of anilines is 1. The number of hydrogen-bond donors (Lipinski definition) is 2. The standard InChI is InChI=1S/C14H13N3O3S/c1-15-14(21)16-10-2-6-12(7-3-10)20-13-8-4-11(5-9-13)17(18)19/h2-9H,1H3,(H2,15,16,21). The molecule has 7 heteroatoms. The maximum atomic E-state index is 10.6. The molecule has 0 spiro atoms. The number of thiocarbonyl (C=S) groups is 1. The summed E-state index contributed by atoms with van der Waals surface area (Å²) in [7, 11) is 1.74. The maximum absolute atomic E-state index is 10.6. The first kappa shape index (κ1) is 14.7. The Kier molecular flexibility index (Phi) is 4.68. The molecule has 0 aliphatic carbocycles. The normalized spacial score (nSPS) is 9.76. The second-order valence-corrected chi connectivity index (χ2v) is 4.49. The predicted molar refractivity (Wildman–Crippen MR) is 84.9 cm³/mol. The van der Waals surface area contributed by atoms with Gasteiger partial charge in [-0.15, -0.1) is 0 Å². The fourth-order valence-electron chi connectivity index (χ4n) is 1.57. The average molecular weight is 303 g/mol. The topological polar surface area (TPSA) is 76.4 Å². The van der Waals surface area contributed by atoms with Crippen LogP contribution in [0.5, 0.6) is 11.5 Å². The van der Waals surface area contributed by atoms with Crippen LogP contribution in [0.4, 0.5) is 11.4 Å². The fourth-order valence-corrected chi connectivity index (χ4v) is 1.69. The molecule has 2 N–H and O–H groups in total. The van der Waals surface area contributed by atoms with Crippen LogP contribution in [0.15, 0.2) is 48.5 Å². The van der Waals surface area contributed by atoms with Gasteiger partial charge in [-0.2, -0.15) is 0 Å². The highest BCUT2D eigenvalue weighted by atomic mass is 32.1. The van der Waals surface area contributed by atoms with Crippen molar-refractivity contribution in [3.63, 3.8) is 0 Å². The van der Waals surface area contributed by atoms with E-state index >= 15 is 0 Å². The maximum Gasteiger partial charge on any atom is 0.269 e. The SMILES string of the molecule is CNC(=S)Nc1ccc(Oc2ccc([N+](=O)[O-])cc2)cc1. The van der Waals surface area contributed by atoms with Gasteiger partial charge in [0.05, 0.1) is 4.92 Å². The van der Waals surface area contributed by atoms with Gasteiger partial charge in [0.2, 0.25) is 0 Å². The summed E-state index contributed by atoms with van der Waals surface area (Å²) in [6.45, 7) is 0. The number of rotatable bonds is 4. The monoisotopic (exact) mass is 303 g/mol. The quantitative estimate of drug-likeness (QED) is 0.513. The lowest BCUT2D eigenvalue weighted by Crippen LogP contribution is -2.23. The number of benzene rings is 2. The lowest BCUT2D eigenvalue weighted by atomic mass is 10.3. The van der Waals surface area contributed by atoms with E-state index in [1.165, 1.54) is 12.1 Å². The molecule has 0 aliphatic heterocycles. The summed E-state index contributed by atoms with van der Waals surface area (Å²) in [4.78, 5) is 10.1. The molecule has 0 fully saturated rings. The zero-order chi connectivity index (χ0) is 15.2. The number of ether oxygens (including phenoxy) is 1. The Morgan fingerprint density at radius 2 is 1.62 bits per heavy atom. The van der Waals surface area contributed by atoms with E-state index in [0.29, 0.717) is 16.6 Å². The van der Waals surface area contributed by atoms with Crippen LogP contribution in [0.1, 0.15) is 0 Å². The molecule has 0 atom stereocenters. The number of nitro groups is 1. The van der Waals surface area contributed by atoms with Crippen molar-refractivity contribution >= 4 is 28.7 Å². The molecule has 2 rings (SSSR count). The molecule has 108 valence electrons. The van der Waals surface area contributed by atoms with Crippen LogP contribution in [-0.4, -0.2) is 17.1 Å². The highest BCUT2D eigenvalue weighted by Crippen LogP contribution is 2.24. The van der Waals surface area contributed by atoms with Crippen molar-refractivity contribution in [2.75, 3.05) is 12.4 Å². The van der Waals surface area contributed by atoms with E-state index in [9.17, 15) is 10.1 Å². The molecule has 2 aromatic rings. The molecule has 6 nitrogen and oxygen atoms in total. The predicted octanol–water partition coefficient (Wildman–Crippen LogP) is 3.30. The summed E-state index contributed by atoms with van der Waals surface area (Å²) in [6.07, 6.45) is 0. The molecule has 0 saturated carbocycles. The Bertz CT molecular complexity index is 642. The Labute approximate surface area is 126 Å². The number of nitrogens with one attached hydrogen (secondary N) is 2. The Balaban J connectivity index is 2.02. The zero-order valence-electron chi connectivity index (χ0n) is 11.2. The lowest BCUT2D eigenvalue weighted by Gasteiger charge is -2.09. The molecule has 0 aromatic heterocycles. The molecule has 21 heavy (non-hydrogen) atoms. The second kappa shape index (κ2) is 6.67. The second-order valence-electron chi connectivity index (χ2n) is 4.08. The van der Waals surface area contributed by atoms with E-state index in [1.807, 2.05) is 12.1 Å². The van der Waals surface area contributed by atoms with Crippen molar-refractivity contribution in [2.45, 2.75) is 0 Å². The molecule has 2 aromatic carbocycles. The van der Waals surface area contributed by atoms with Gasteiger partial charge in [-0.3, -0.25) is 10.1 Å². The largest absolute Gasteiger partial charge is 0.457 e. The van der Waals surface area contributed by atoms with Crippen molar-refractivity contribution < 1.29 is 9.66 Å². The van der Waals surface area contributed by atoms with E-state index in [-0.39, 0.29) is 5.69 Å². The first-order chi connectivity index (χ1) is 10.1. The Hall–Kier alpha value is -2.67. The molecule has 0 unspecified atom stereocenters. The minimum absolute atomic E-state index is 0.0301. The van der Waals surface area contributed by atoms with Gasteiger partial charge in [0, 0.05) is 24.9 Å². The molecule has 0 bridgehead atoms. The van der Waals surface area contributed by atoms with E-state index in [4.69, 9.17) is 17.0 Å². The third-order valence-corrected chi connectivity index (χ3v) is 2.93. The van der Waals surface area contributed by atoms with Crippen molar-refractivity contribution in [1.82, 2.24) is 5.32 Å². The van der Waals surface area contributed by atoms with Gasteiger partial charge in [0.1, 0.15) is 11.5 Å². The van der Waals surface area contributed by atoms with Gasteiger partial charge in [0.15, 0.2) is 5.11 Å². The lowest BCUT2D eigenvalue weighted by molar-refractivity contribution is -0.384. The van der Waals surface area contributed by atoms with E-state index < -0.39 is 4.92 Å². The summed E-state index contributed by atoms with van der Waals surface area (Å²) >= 11 is 5.00. The summed E-state index contributed by atoms with van der Waals surface area (Å²) < 4.78 is 5.60. The van der Waals surface area contributed by atoms with Gasteiger partial charge in [0.25, 0.3) is 5.69 Å². The molecular weight excluding hydrogens is 290 g/mol. The average Bonchev–Trinajstić information content (AvgIpc) is 2.49. The van der Waals surface area contributed by atoms with Crippen molar-refractivity contribution in [2.24, 2.45) is 0 Å². The van der Waals surface area contributed by atoms with Gasteiger partial charge >= 0.3 is 0 Å². The number of hydrogen-bond acceptors (Lipinski definition) is 4. The van der Waals surface area contributed by atoms with Gasteiger partial charge in [-0.25, -0.2) is 0 Å². The van der Waals surface area contributed by atoms with Crippen LogP contribution >= 0.6 is 12.2 Å². The molecule has 0 heterocycles. The van der Waals surface area contributed by atoms with Crippen LogP contribution in [0.2, 0.25) is 0 Å². The first-order valence-electron chi connectivity index (χ1n) is 6.09. The van der Waals surface area contributed by atoms with E-state index in [2.05, 4.69) is 10.6 Å². The van der Waals surface area contributed by atoms with Crippen molar-refractivity contribution in [1.29, 1.82) is 0 Å². The molecule has 0 amide bonds. The van der Waals surface area contributed by atoms with Crippen LogP contribution < -0.4 is 15.4 Å². The van der Waals surface area contributed by atoms with E-state index in [1.54, 1.807) is 31.3 Å². The highest BCUT2D eigenvalue weighted by molar-refractivity contribution is 7.80. The van der Waals surface area contributed by atoms with Gasteiger partial charge in [-0.1, -0.05) is 0 Å². The van der Waals surface area contributed by atoms with Crippen LogP contribution in [0, 0.1) is 10.1 Å². The summed E-state index contributed by atoms with van der Waals surface area (Å²) in [6, 6.07) is 13.1. The summed E-state index contributed by atoms with van der Waals surface area (Å²) in [5.41, 5.74) is 0.868. The van der Waals surface area contributed by atoms with Gasteiger partial charge in [-0.05, 0) is 48.6 Å². The Morgan fingerprint density at radius 1 is 1.10 bits per heavy atom. The first-order valence-corrected chi connectivity index (χ1v) is 6.50. The summed E-state index contributed by atoms with van der Waals surface area (Å²) in [5.74, 6) is 1.16. The zero-order valence-corrected chi connectivity index (χ0v) is 12.0. The number of nitro benzene ring substituents is 1. The Morgan fingerprint density at radius 3 is 2.10 bits per heavy atom. The van der Waals surface area contributed by atoms with Crippen LogP contribution in [0.3, 0.4) is 0 Å². The van der Waals surface area contributed by atoms with Crippen LogP contribution in [-0.2, 0) is 0 Å². The van der Waals surface area contributed by atoms with E-state index in [0.717, 1.165) is 5.69 Å². The van der Waals surface area contributed by atoms with Crippen LogP contribution in [0.25, 0.3) is 0 Å². The third kappa shape index (κ3) is 4.15. The minimum atomic E-state index is -0.450. The smallest absolute Gasteiger partial charge is 0.269 e. The highest BCUT2D eigenvalue weighted by Gasteiger charge is 2.05. The molecule has 0 radical (unpaired) electrons. The van der Waals surface area contributed by atoms with Crippen molar-refractivity contribution in [3.05, 3.63) is 58.6 Å². The minimum Gasteiger partial charge on any atom is -0.457 e. The molecule has 0 saturated heterocycles. The molecular formula is C14H13N3O3S. The third-order valence-electron chi connectivity index (χ3n) is 2.62. The summed E-state index contributed by atoms with van der Waals surface area (Å²) in [5, 5.41) is 16.9. The van der Waals surface area contributed by atoms with Gasteiger partial charge < -0.3 is 15.4 Å². The number of non-ortho nitro benzene ring substituents is 1. The molecule has 0 aliphatic rings. The fraction of sp³-hybridized carbons (Fsp3) is 0.0714.